The molecule has 4 rings (SSSR count). The van der Waals surface area contributed by atoms with Crippen LogP contribution in [0.4, 0.5) is 0 Å². The first kappa shape index (κ1) is 22.0. The molecule has 3 nitrogen and oxygen atoms in total. The summed E-state index contributed by atoms with van der Waals surface area (Å²) in [7, 11) is 0. The molecule has 0 unspecified atom stereocenters. The highest BCUT2D eigenvalue weighted by Gasteiger charge is 2.48. The number of aromatic nitrogens is 1. The Kier molecular flexibility index (Phi) is 6.16. The molecular weight excluding hydrogens is 382 g/mol. The van der Waals surface area contributed by atoms with E-state index in [0.717, 1.165) is 61.8 Å². The first-order valence-electron chi connectivity index (χ1n) is 11.9. The van der Waals surface area contributed by atoms with Gasteiger partial charge in [-0.15, -0.1) is 0 Å². The van der Waals surface area contributed by atoms with Crippen LogP contribution in [-0.4, -0.2) is 21.5 Å². The summed E-state index contributed by atoms with van der Waals surface area (Å²) in [6.07, 6.45) is 13.3. The van der Waals surface area contributed by atoms with Gasteiger partial charge in [-0.2, -0.15) is 0 Å². The van der Waals surface area contributed by atoms with Crippen molar-refractivity contribution in [1.29, 1.82) is 0 Å². The topological polar surface area (TPSA) is 50.2 Å². The smallest absolute Gasteiger partial charge is 0.167 e. The Morgan fingerprint density at radius 2 is 2.06 bits per heavy atom. The predicted octanol–water partition coefficient (Wildman–Crippen LogP) is 6.21. The summed E-state index contributed by atoms with van der Waals surface area (Å²) < 4.78 is 0. The van der Waals surface area contributed by atoms with Crippen molar-refractivity contribution in [3.8, 4) is 0 Å². The summed E-state index contributed by atoms with van der Waals surface area (Å²) in [5, 5.41) is 11.2. The van der Waals surface area contributed by atoms with Crippen LogP contribution in [0.25, 0.3) is 6.08 Å². The number of benzene rings is 1. The van der Waals surface area contributed by atoms with E-state index in [4.69, 9.17) is 0 Å². The molecular formula is C28H35NO2. The van der Waals surface area contributed by atoms with Gasteiger partial charge in [-0.3, -0.25) is 9.78 Å². The molecule has 0 bridgehead atoms. The van der Waals surface area contributed by atoms with E-state index < -0.39 is 5.60 Å². The zero-order chi connectivity index (χ0) is 22.1. The van der Waals surface area contributed by atoms with Gasteiger partial charge < -0.3 is 5.11 Å². The highest BCUT2D eigenvalue weighted by molar-refractivity contribution is 5.98. The second-order valence-corrected chi connectivity index (χ2v) is 9.67. The highest BCUT2D eigenvalue weighted by atomic mass is 16.3. The van der Waals surface area contributed by atoms with Crippen LogP contribution >= 0.6 is 0 Å². The minimum Gasteiger partial charge on any atom is -0.390 e. The van der Waals surface area contributed by atoms with Crippen molar-refractivity contribution in [2.75, 3.05) is 0 Å². The number of hydrogen-bond donors (Lipinski definition) is 1. The third-order valence-electron chi connectivity index (χ3n) is 7.89. The average Bonchev–Trinajstić information content (AvgIpc) is 2.91. The lowest BCUT2D eigenvalue weighted by Gasteiger charge is -2.50. The largest absolute Gasteiger partial charge is 0.390 e. The molecule has 1 fully saturated rings. The van der Waals surface area contributed by atoms with Crippen LogP contribution in [0.3, 0.4) is 0 Å². The second kappa shape index (κ2) is 8.70. The molecule has 0 spiro atoms. The number of carbonyl (C=O) groups excluding carboxylic acids is 1. The Morgan fingerprint density at radius 1 is 1.23 bits per heavy atom. The number of fused-ring (bicyclic) bond motifs is 3. The quantitative estimate of drug-likeness (QED) is 0.568. The Bertz CT molecular complexity index is 994. The Hall–Kier alpha value is -2.26. The summed E-state index contributed by atoms with van der Waals surface area (Å²) in [4.78, 5) is 17.4. The minimum atomic E-state index is -0.520. The normalized spacial score (nSPS) is 27.3. The number of rotatable bonds is 6. The second-order valence-electron chi connectivity index (χ2n) is 9.67. The van der Waals surface area contributed by atoms with Crippen LogP contribution in [-0.2, 0) is 11.8 Å². The van der Waals surface area contributed by atoms with Gasteiger partial charge in [0.25, 0.3) is 0 Å². The van der Waals surface area contributed by atoms with E-state index in [1.165, 1.54) is 11.1 Å². The van der Waals surface area contributed by atoms with Crippen molar-refractivity contribution in [1.82, 2.24) is 4.98 Å². The van der Waals surface area contributed by atoms with Gasteiger partial charge in [-0.25, -0.2) is 0 Å². The molecule has 0 radical (unpaired) electrons. The van der Waals surface area contributed by atoms with Crippen molar-refractivity contribution in [2.45, 2.75) is 83.2 Å². The van der Waals surface area contributed by atoms with Crippen LogP contribution in [0.2, 0.25) is 0 Å². The van der Waals surface area contributed by atoms with Crippen molar-refractivity contribution in [2.24, 2.45) is 5.92 Å². The van der Waals surface area contributed by atoms with Gasteiger partial charge >= 0.3 is 0 Å². The van der Waals surface area contributed by atoms with Gasteiger partial charge in [0.15, 0.2) is 5.78 Å². The summed E-state index contributed by atoms with van der Waals surface area (Å²) >= 11 is 0. The van der Waals surface area contributed by atoms with E-state index in [1.807, 2.05) is 25.1 Å². The van der Waals surface area contributed by atoms with E-state index in [-0.39, 0.29) is 11.2 Å². The minimum absolute atomic E-state index is 0.0837. The fraction of sp³-hybridized carbons (Fsp3) is 0.500. The van der Waals surface area contributed by atoms with E-state index in [0.29, 0.717) is 12.3 Å². The third-order valence-corrected chi connectivity index (χ3v) is 7.89. The monoisotopic (exact) mass is 417 g/mol. The molecule has 2 aliphatic carbocycles. The molecule has 3 heteroatoms. The van der Waals surface area contributed by atoms with Crippen molar-refractivity contribution >= 4 is 11.9 Å². The van der Waals surface area contributed by atoms with E-state index in [9.17, 15) is 9.90 Å². The molecule has 2 aromatic rings. The number of allylic oxidation sites excluding steroid dienone is 1. The lowest BCUT2D eigenvalue weighted by Crippen LogP contribution is -2.47. The van der Waals surface area contributed by atoms with Gasteiger partial charge in [0.05, 0.1) is 5.60 Å². The molecule has 1 N–H and O–H groups in total. The molecule has 2 aliphatic rings. The fourth-order valence-electron chi connectivity index (χ4n) is 6.09. The van der Waals surface area contributed by atoms with Crippen LogP contribution in [0.5, 0.6) is 0 Å². The van der Waals surface area contributed by atoms with Gasteiger partial charge in [-0.1, -0.05) is 50.6 Å². The number of carbonyl (C=O) groups is 1. The number of nitrogens with zero attached hydrogens (tertiary/aromatic N) is 1. The first-order valence-corrected chi connectivity index (χ1v) is 11.9. The van der Waals surface area contributed by atoms with E-state index in [1.54, 1.807) is 6.20 Å². The van der Waals surface area contributed by atoms with Crippen molar-refractivity contribution < 1.29 is 9.90 Å². The molecule has 1 aromatic heterocycles. The van der Waals surface area contributed by atoms with Crippen molar-refractivity contribution in [3.05, 3.63) is 70.6 Å². The average molecular weight is 418 g/mol. The van der Waals surface area contributed by atoms with Crippen LogP contribution < -0.4 is 0 Å². The SMILES string of the molecule is CCC[C@@]1(O)CC[C@@]2(CC)c3ccc(C(=O)Cc4cccnc4C)cc3C=CC[C@H]2C1. The van der Waals surface area contributed by atoms with E-state index >= 15 is 0 Å². The van der Waals surface area contributed by atoms with Crippen LogP contribution in [0.1, 0.15) is 91.5 Å². The molecule has 1 heterocycles. The third kappa shape index (κ3) is 4.13. The first-order chi connectivity index (χ1) is 14.9. The van der Waals surface area contributed by atoms with Gasteiger partial charge in [0.1, 0.15) is 0 Å². The van der Waals surface area contributed by atoms with Gasteiger partial charge in [0.2, 0.25) is 0 Å². The van der Waals surface area contributed by atoms with Crippen LogP contribution in [0.15, 0.2) is 42.6 Å². The van der Waals surface area contributed by atoms with E-state index in [2.05, 4.69) is 43.1 Å². The molecule has 0 aliphatic heterocycles. The number of pyridine rings is 1. The molecule has 3 atom stereocenters. The summed E-state index contributed by atoms with van der Waals surface area (Å²) in [6.45, 7) is 6.40. The zero-order valence-corrected chi connectivity index (χ0v) is 19.2. The lowest BCUT2D eigenvalue weighted by atomic mass is 9.56. The Morgan fingerprint density at radius 3 is 2.81 bits per heavy atom. The molecule has 0 saturated heterocycles. The molecule has 1 aromatic carbocycles. The predicted molar refractivity (Wildman–Crippen MR) is 126 cm³/mol. The number of aryl methyl sites for hydroxylation is 1. The van der Waals surface area contributed by atoms with Crippen molar-refractivity contribution in [3.63, 3.8) is 0 Å². The number of hydrogen-bond acceptors (Lipinski definition) is 3. The number of Topliss-reactive ketones (excluding diaryl/α,β-unsaturated/α-hetero) is 1. The zero-order valence-electron chi connectivity index (χ0n) is 19.2. The number of ketones is 1. The maximum atomic E-state index is 13.0. The molecule has 31 heavy (non-hydrogen) atoms. The Balaban J connectivity index is 1.65. The number of aliphatic hydroxyl groups is 1. The summed E-state index contributed by atoms with van der Waals surface area (Å²) in [5.41, 5.74) is 4.79. The summed E-state index contributed by atoms with van der Waals surface area (Å²) in [6, 6.07) is 10.2. The maximum Gasteiger partial charge on any atom is 0.167 e. The molecule has 1 saturated carbocycles. The molecule has 0 amide bonds. The summed E-state index contributed by atoms with van der Waals surface area (Å²) in [5.74, 6) is 0.583. The standard InChI is InChI=1S/C28H35NO2/c1-4-13-27(31)14-15-28(5-2)24(19-27)10-6-8-22-17-23(11-12-25(22)28)26(30)18-21-9-7-16-29-20(21)3/h6-9,11-12,16-17,24,31H,4-5,10,13-15,18-19H2,1-3H3/t24-,27+,28+/m0/s1. The maximum absolute atomic E-state index is 13.0. The van der Waals surface area contributed by atoms with Gasteiger partial charge in [0, 0.05) is 23.9 Å². The van der Waals surface area contributed by atoms with Gasteiger partial charge in [-0.05, 0) is 85.6 Å². The highest BCUT2D eigenvalue weighted by Crippen LogP contribution is 2.53. The molecule has 164 valence electrons. The fourth-order valence-corrected chi connectivity index (χ4v) is 6.09. The lowest BCUT2D eigenvalue weighted by molar-refractivity contribution is -0.0520. The Labute approximate surface area is 186 Å². The van der Waals surface area contributed by atoms with Crippen LogP contribution in [0, 0.1) is 12.8 Å².